The van der Waals surface area contributed by atoms with Crippen molar-refractivity contribution in [1.29, 1.82) is 0 Å². The molecule has 1 saturated carbocycles. The molecular formula is C36H52O4. The normalized spacial score (nSPS) is 16.8. The van der Waals surface area contributed by atoms with E-state index in [4.69, 9.17) is 14.2 Å². The number of carbonyl (C=O) groups is 1. The highest BCUT2D eigenvalue weighted by Crippen LogP contribution is 2.34. The number of esters is 1. The molecule has 0 radical (unpaired) electrons. The van der Waals surface area contributed by atoms with Gasteiger partial charge in [-0.15, -0.1) is 6.58 Å². The molecule has 0 N–H and O–H groups in total. The molecule has 40 heavy (non-hydrogen) atoms. The van der Waals surface area contributed by atoms with Crippen molar-refractivity contribution in [1.82, 2.24) is 0 Å². The lowest BCUT2D eigenvalue weighted by Gasteiger charge is -2.28. The Morgan fingerprint density at radius 3 is 1.85 bits per heavy atom. The summed E-state index contributed by atoms with van der Waals surface area (Å²) in [6.07, 6.45) is 22.6. The fourth-order valence-electron chi connectivity index (χ4n) is 5.62. The van der Waals surface area contributed by atoms with E-state index in [1.165, 1.54) is 83.5 Å². The molecule has 4 heteroatoms. The molecule has 0 aliphatic heterocycles. The molecule has 1 aliphatic carbocycles. The van der Waals surface area contributed by atoms with Crippen molar-refractivity contribution >= 4 is 5.97 Å². The number of allylic oxidation sites excluding steroid dienone is 1. The van der Waals surface area contributed by atoms with E-state index in [1.54, 1.807) is 24.3 Å². The fourth-order valence-corrected chi connectivity index (χ4v) is 5.62. The van der Waals surface area contributed by atoms with E-state index in [9.17, 15) is 4.79 Å². The zero-order valence-electron chi connectivity index (χ0n) is 24.9. The van der Waals surface area contributed by atoms with E-state index < -0.39 is 0 Å². The Balaban J connectivity index is 1.27. The van der Waals surface area contributed by atoms with Gasteiger partial charge in [-0.3, -0.25) is 0 Å². The molecule has 0 saturated heterocycles. The number of hydrogen-bond donors (Lipinski definition) is 0. The summed E-state index contributed by atoms with van der Waals surface area (Å²) >= 11 is 0. The van der Waals surface area contributed by atoms with Crippen molar-refractivity contribution in [2.45, 2.75) is 110 Å². The number of benzene rings is 2. The van der Waals surface area contributed by atoms with Crippen molar-refractivity contribution in [2.24, 2.45) is 11.8 Å². The SMILES string of the molecule is C=CCCCCCCCOc1ccc(C(=O)Oc2ccc(OCCC[C@H]3CC[C@H](CCCCC)CC3)cc2)cc1. The first kappa shape index (κ1) is 31.8. The Kier molecular flexibility index (Phi) is 15.4. The Labute approximate surface area is 243 Å². The van der Waals surface area contributed by atoms with Crippen LogP contribution in [0.15, 0.2) is 61.2 Å². The van der Waals surface area contributed by atoms with E-state index in [0.717, 1.165) is 49.2 Å². The van der Waals surface area contributed by atoms with Gasteiger partial charge in [0.05, 0.1) is 18.8 Å². The molecule has 1 aliphatic rings. The van der Waals surface area contributed by atoms with Crippen LogP contribution in [0.3, 0.4) is 0 Å². The second kappa shape index (κ2) is 19.3. The molecule has 220 valence electrons. The summed E-state index contributed by atoms with van der Waals surface area (Å²) in [5, 5.41) is 0. The Morgan fingerprint density at radius 1 is 0.700 bits per heavy atom. The van der Waals surface area contributed by atoms with Gasteiger partial charge in [-0.05, 0) is 92.5 Å². The zero-order chi connectivity index (χ0) is 28.3. The maximum Gasteiger partial charge on any atom is 0.343 e. The van der Waals surface area contributed by atoms with Crippen LogP contribution in [0, 0.1) is 11.8 Å². The fraction of sp³-hybridized carbons (Fsp3) is 0.583. The van der Waals surface area contributed by atoms with Crippen LogP contribution in [0.4, 0.5) is 0 Å². The summed E-state index contributed by atoms with van der Waals surface area (Å²) in [4.78, 5) is 12.6. The van der Waals surface area contributed by atoms with Crippen molar-refractivity contribution < 1.29 is 19.0 Å². The van der Waals surface area contributed by atoms with Crippen LogP contribution in [0.2, 0.25) is 0 Å². The van der Waals surface area contributed by atoms with Gasteiger partial charge in [0, 0.05) is 0 Å². The number of unbranched alkanes of at least 4 members (excludes halogenated alkanes) is 7. The van der Waals surface area contributed by atoms with Gasteiger partial charge in [0.1, 0.15) is 17.2 Å². The first-order chi connectivity index (χ1) is 19.7. The molecule has 0 spiro atoms. The summed E-state index contributed by atoms with van der Waals surface area (Å²) < 4.78 is 17.3. The Morgan fingerprint density at radius 2 is 1.23 bits per heavy atom. The summed E-state index contributed by atoms with van der Waals surface area (Å²) in [5.41, 5.74) is 0.505. The van der Waals surface area contributed by atoms with Crippen LogP contribution in [0.1, 0.15) is 120 Å². The predicted octanol–water partition coefficient (Wildman–Crippen LogP) is 10.4. The van der Waals surface area contributed by atoms with E-state index in [2.05, 4.69) is 13.5 Å². The number of carbonyl (C=O) groups excluding carboxylic acids is 1. The molecule has 1 fully saturated rings. The van der Waals surface area contributed by atoms with Crippen LogP contribution in [0.25, 0.3) is 0 Å². The van der Waals surface area contributed by atoms with Gasteiger partial charge in [-0.25, -0.2) is 4.79 Å². The standard InChI is InChI=1S/C36H52O4/c1-3-5-7-8-9-10-12-28-38-33-22-20-32(21-23-33)36(37)40-35-26-24-34(25-27-35)39-29-13-15-31-18-16-30(17-19-31)14-11-6-4-2/h3,20-27,30-31H,1,4-19,28-29H2,2H3/t30-,31-. The molecule has 2 aromatic rings. The van der Waals surface area contributed by atoms with Crippen LogP contribution in [-0.4, -0.2) is 19.2 Å². The molecular weight excluding hydrogens is 496 g/mol. The van der Waals surface area contributed by atoms with Gasteiger partial charge in [0.2, 0.25) is 0 Å². The minimum absolute atomic E-state index is 0.375. The van der Waals surface area contributed by atoms with E-state index in [1.807, 2.05) is 30.3 Å². The zero-order valence-corrected chi connectivity index (χ0v) is 24.9. The van der Waals surface area contributed by atoms with Gasteiger partial charge in [-0.1, -0.05) is 83.6 Å². The Hall–Kier alpha value is -2.75. The monoisotopic (exact) mass is 548 g/mol. The summed E-state index contributed by atoms with van der Waals surface area (Å²) in [5.74, 6) is 3.58. The first-order valence-electron chi connectivity index (χ1n) is 16.0. The van der Waals surface area contributed by atoms with Gasteiger partial charge in [-0.2, -0.15) is 0 Å². The molecule has 0 aromatic heterocycles. The van der Waals surface area contributed by atoms with Crippen molar-refractivity contribution in [3.8, 4) is 17.2 Å². The summed E-state index contributed by atoms with van der Waals surface area (Å²) in [6, 6.07) is 14.5. The molecule has 3 rings (SSSR count). The lowest BCUT2D eigenvalue weighted by molar-refractivity contribution is 0.0734. The predicted molar refractivity (Wildman–Crippen MR) is 166 cm³/mol. The number of rotatable bonds is 20. The van der Waals surface area contributed by atoms with Gasteiger partial charge in [0.15, 0.2) is 0 Å². The molecule has 0 bridgehead atoms. The van der Waals surface area contributed by atoms with Crippen molar-refractivity contribution in [3.63, 3.8) is 0 Å². The lowest BCUT2D eigenvalue weighted by Crippen LogP contribution is -2.15. The third-order valence-electron chi connectivity index (χ3n) is 8.15. The smallest absolute Gasteiger partial charge is 0.343 e. The highest BCUT2D eigenvalue weighted by molar-refractivity contribution is 5.91. The maximum absolute atomic E-state index is 12.6. The quantitative estimate of drug-likeness (QED) is 0.0714. The third-order valence-corrected chi connectivity index (χ3v) is 8.15. The van der Waals surface area contributed by atoms with E-state index >= 15 is 0 Å². The van der Waals surface area contributed by atoms with Crippen LogP contribution in [0.5, 0.6) is 17.2 Å². The van der Waals surface area contributed by atoms with E-state index in [-0.39, 0.29) is 5.97 Å². The molecule has 0 heterocycles. The largest absolute Gasteiger partial charge is 0.494 e. The second-order valence-electron chi connectivity index (χ2n) is 11.5. The molecule has 2 aromatic carbocycles. The third kappa shape index (κ3) is 12.6. The summed E-state index contributed by atoms with van der Waals surface area (Å²) in [7, 11) is 0. The molecule has 0 unspecified atom stereocenters. The summed E-state index contributed by atoms with van der Waals surface area (Å²) in [6.45, 7) is 7.48. The highest BCUT2D eigenvalue weighted by Gasteiger charge is 2.20. The minimum Gasteiger partial charge on any atom is -0.494 e. The van der Waals surface area contributed by atoms with Crippen LogP contribution in [-0.2, 0) is 0 Å². The average molecular weight is 549 g/mol. The molecule has 0 atom stereocenters. The highest BCUT2D eigenvalue weighted by atomic mass is 16.5. The van der Waals surface area contributed by atoms with Gasteiger partial charge >= 0.3 is 5.97 Å². The first-order valence-corrected chi connectivity index (χ1v) is 16.0. The number of ether oxygens (including phenoxy) is 3. The van der Waals surface area contributed by atoms with Crippen molar-refractivity contribution in [3.05, 3.63) is 66.7 Å². The lowest BCUT2D eigenvalue weighted by atomic mass is 9.78. The topological polar surface area (TPSA) is 44.8 Å². The molecule has 0 amide bonds. The van der Waals surface area contributed by atoms with Crippen LogP contribution >= 0.6 is 0 Å². The van der Waals surface area contributed by atoms with Crippen molar-refractivity contribution in [2.75, 3.05) is 13.2 Å². The average Bonchev–Trinajstić information content (AvgIpc) is 2.98. The van der Waals surface area contributed by atoms with E-state index in [0.29, 0.717) is 17.9 Å². The number of hydrogen-bond acceptors (Lipinski definition) is 4. The second-order valence-corrected chi connectivity index (χ2v) is 11.5. The van der Waals surface area contributed by atoms with Gasteiger partial charge in [0.25, 0.3) is 0 Å². The van der Waals surface area contributed by atoms with Gasteiger partial charge < -0.3 is 14.2 Å². The minimum atomic E-state index is -0.375. The Bertz CT molecular complexity index is 942. The van der Waals surface area contributed by atoms with Crippen LogP contribution < -0.4 is 14.2 Å². The molecule has 4 nitrogen and oxygen atoms in total. The maximum atomic E-state index is 12.6.